The maximum atomic E-state index is 12.8. The number of carbonyl (C=O) groups excluding carboxylic acids is 2. The quantitative estimate of drug-likeness (QED) is 0.477. The Balaban J connectivity index is 1.23. The number of likely N-dealkylation sites (N-methyl/N-ethyl adjacent to an activating group) is 1. The minimum Gasteiger partial charge on any atom is -0.451 e. The number of imidazole rings is 1. The molecule has 2 aromatic carbocycles. The normalized spacial score (nSPS) is 15.4. The van der Waals surface area contributed by atoms with Gasteiger partial charge in [-0.05, 0) is 50.4 Å². The topological polar surface area (TPSA) is 94.5 Å². The van der Waals surface area contributed by atoms with E-state index in [0.29, 0.717) is 36.0 Å². The number of benzene rings is 2. The van der Waals surface area contributed by atoms with Crippen LogP contribution in [0.4, 0.5) is 0 Å². The first kappa shape index (κ1) is 21.9. The second kappa shape index (κ2) is 9.15. The summed E-state index contributed by atoms with van der Waals surface area (Å²) < 4.78 is 5.85. The summed E-state index contributed by atoms with van der Waals surface area (Å²) in [6, 6.07) is 18.1. The van der Waals surface area contributed by atoms with Crippen LogP contribution in [0.25, 0.3) is 22.4 Å². The van der Waals surface area contributed by atoms with Gasteiger partial charge in [0, 0.05) is 37.3 Å². The second-order valence-corrected chi connectivity index (χ2v) is 8.67. The van der Waals surface area contributed by atoms with Crippen LogP contribution in [0.2, 0.25) is 0 Å². The maximum Gasteiger partial charge on any atom is 0.289 e. The number of hydrogen-bond acceptors (Lipinski definition) is 5. The highest BCUT2D eigenvalue weighted by Gasteiger charge is 2.23. The van der Waals surface area contributed by atoms with Gasteiger partial charge in [0.2, 0.25) is 0 Å². The van der Waals surface area contributed by atoms with Crippen LogP contribution in [0.15, 0.2) is 65.1 Å². The lowest BCUT2D eigenvalue weighted by molar-refractivity contribution is 0.0633. The van der Waals surface area contributed by atoms with Gasteiger partial charge < -0.3 is 24.5 Å². The highest BCUT2D eigenvalue weighted by molar-refractivity contribution is 5.95. The average Bonchev–Trinajstić information content (AvgIpc) is 3.52. The Labute approximate surface area is 197 Å². The molecule has 34 heavy (non-hydrogen) atoms. The van der Waals surface area contributed by atoms with Crippen molar-refractivity contribution in [1.82, 2.24) is 25.1 Å². The highest BCUT2D eigenvalue weighted by atomic mass is 16.4. The van der Waals surface area contributed by atoms with E-state index in [4.69, 9.17) is 4.42 Å². The summed E-state index contributed by atoms with van der Waals surface area (Å²) in [6.07, 6.45) is 0. The van der Waals surface area contributed by atoms with Crippen LogP contribution in [0.5, 0.6) is 0 Å². The van der Waals surface area contributed by atoms with Crippen LogP contribution in [0, 0.1) is 0 Å². The molecule has 8 nitrogen and oxygen atoms in total. The van der Waals surface area contributed by atoms with Crippen LogP contribution in [-0.4, -0.2) is 64.8 Å². The van der Waals surface area contributed by atoms with Crippen molar-refractivity contribution < 1.29 is 14.0 Å². The number of carbonyl (C=O) groups is 2. The van der Waals surface area contributed by atoms with Crippen LogP contribution in [0.3, 0.4) is 0 Å². The lowest BCUT2D eigenvalue weighted by atomic mass is 10.1. The average molecular weight is 458 g/mol. The van der Waals surface area contributed by atoms with Gasteiger partial charge >= 0.3 is 0 Å². The molecule has 1 aliphatic heterocycles. The fraction of sp³-hybridized carbons (Fsp3) is 0.269. The molecule has 0 spiro atoms. The van der Waals surface area contributed by atoms with E-state index in [-0.39, 0.29) is 17.9 Å². The van der Waals surface area contributed by atoms with E-state index in [2.05, 4.69) is 27.2 Å². The van der Waals surface area contributed by atoms with Gasteiger partial charge in [-0.15, -0.1) is 0 Å². The van der Waals surface area contributed by atoms with Crippen LogP contribution in [-0.2, 0) is 0 Å². The molecule has 8 heteroatoms. The van der Waals surface area contributed by atoms with Crippen LogP contribution >= 0.6 is 0 Å². The number of hydrogen-bond donors (Lipinski definition) is 2. The molecule has 2 aromatic heterocycles. The summed E-state index contributed by atoms with van der Waals surface area (Å²) in [5.74, 6) is 1.36. The van der Waals surface area contributed by atoms with E-state index < -0.39 is 0 Å². The van der Waals surface area contributed by atoms with Gasteiger partial charge in [-0.25, -0.2) is 4.98 Å². The molecule has 1 atom stereocenters. The number of para-hydroxylation sites is 2. The van der Waals surface area contributed by atoms with Gasteiger partial charge in [0.15, 0.2) is 5.76 Å². The van der Waals surface area contributed by atoms with Crippen molar-refractivity contribution in [3.63, 3.8) is 0 Å². The Bertz CT molecular complexity index is 1280. The van der Waals surface area contributed by atoms with E-state index in [0.717, 1.165) is 29.7 Å². The Hall–Kier alpha value is -3.91. The molecule has 1 aliphatic rings. The molecule has 0 bridgehead atoms. The molecule has 1 unspecified atom stereocenters. The molecule has 3 heterocycles. The van der Waals surface area contributed by atoms with Crippen molar-refractivity contribution in [3.05, 3.63) is 77.8 Å². The molecule has 2 N–H and O–H groups in total. The van der Waals surface area contributed by atoms with Gasteiger partial charge in [-0.1, -0.05) is 24.3 Å². The molecule has 0 aliphatic carbocycles. The van der Waals surface area contributed by atoms with Crippen LogP contribution < -0.4 is 5.32 Å². The summed E-state index contributed by atoms with van der Waals surface area (Å²) >= 11 is 0. The third-order valence-electron chi connectivity index (χ3n) is 6.20. The van der Waals surface area contributed by atoms with Crippen LogP contribution in [0.1, 0.15) is 39.7 Å². The summed E-state index contributed by atoms with van der Waals surface area (Å²) in [4.78, 5) is 37.3. The minimum absolute atomic E-state index is 0.0880. The lowest BCUT2D eigenvalue weighted by Crippen LogP contribution is -2.47. The fourth-order valence-electron chi connectivity index (χ4n) is 4.09. The third-order valence-corrected chi connectivity index (χ3v) is 6.20. The van der Waals surface area contributed by atoms with Crippen molar-refractivity contribution in [2.75, 3.05) is 33.2 Å². The number of aromatic nitrogens is 2. The summed E-state index contributed by atoms with van der Waals surface area (Å²) in [6.45, 7) is 5.00. The van der Waals surface area contributed by atoms with E-state index in [1.807, 2.05) is 48.2 Å². The van der Waals surface area contributed by atoms with E-state index >= 15 is 0 Å². The Morgan fingerprint density at radius 2 is 1.74 bits per heavy atom. The van der Waals surface area contributed by atoms with Gasteiger partial charge in [0.25, 0.3) is 11.8 Å². The zero-order valence-corrected chi connectivity index (χ0v) is 19.2. The summed E-state index contributed by atoms with van der Waals surface area (Å²) in [5.41, 5.74) is 3.14. The van der Waals surface area contributed by atoms with Gasteiger partial charge in [-0.2, -0.15) is 0 Å². The van der Waals surface area contributed by atoms with Crippen molar-refractivity contribution in [2.45, 2.75) is 13.0 Å². The number of fused-ring (bicyclic) bond motifs is 1. The second-order valence-electron chi connectivity index (χ2n) is 8.67. The number of nitrogens with zero attached hydrogens (tertiary/aromatic N) is 3. The number of amides is 2. The molecule has 1 saturated heterocycles. The first-order chi connectivity index (χ1) is 16.5. The zero-order chi connectivity index (χ0) is 23.7. The van der Waals surface area contributed by atoms with E-state index in [1.165, 1.54) is 0 Å². The monoisotopic (exact) mass is 457 g/mol. The highest BCUT2D eigenvalue weighted by Crippen LogP contribution is 2.24. The molecule has 4 aromatic rings. The van der Waals surface area contributed by atoms with Gasteiger partial charge in [0.1, 0.15) is 11.6 Å². The number of piperazine rings is 1. The maximum absolute atomic E-state index is 12.8. The first-order valence-electron chi connectivity index (χ1n) is 11.4. The van der Waals surface area contributed by atoms with Crippen molar-refractivity contribution in [3.8, 4) is 11.3 Å². The van der Waals surface area contributed by atoms with Gasteiger partial charge in [0.05, 0.1) is 17.1 Å². The standard InChI is InChI=1S/C26H27N5O3/c1-17(24-28-20-5-3-4-6-21(20)29-24)27-25(32)19-9-7-18(8-10-19)22-11-12-23(34-22)26(33)31-15-13-30(2)14-16-31/h3-12,17H,13-16H2,1-2H3,(H,27,32)(H,28,29). The lowest BCUT2D eigenvalue weighted by Gasteiger charge is -2.31. The predicted octanol–water partition coefficient (Wildman–Crippen LogP) is 3.70. The minimum atomic E-state index is -0.271. The number of H-pyrrole nitrogens is 1. The first-order valence-corrected chi connectivity index (χ1v) is 11.4. The molecular weight excluding hydrogens is 430 g/mol. The molecule has 1 fully saturated rings. The summed E-state index contributed by atoms with van der Waals surface area (Å²) in [5, 5.41) is 2.98. The largest absolute Gasteiger partial charge is 0.451 e. The number of aromatic amines is 1. The SMILES string of the molecule is CC(NC(=O)c1ccc(-c2ccc(C(=O)N3CCN(C)CC3)o2)cc1)c1nc2ccccc2[nH]1. The zero-order valence-electron chi connectivity index (χ0n) is 19.2. The molecule has 5 rings (SSSR count). The Morgan fingerprint density at radius 1 is 1.00 bits per heavy atom. The number of nitrogens with one attached hydrogen (secondary N) is 2. The number of rotatable bonds is 5. The van der Waals surface area contributed by atoms with Gasteiger partial charge in [-0.3, -0.25) is 9.59 Å². The number of furan rings is 1. The Kier molecular flexibility index (Phi) is 5.90. The fourth-order valence-corrected chi connectivity index (χ4v) is 4.09. The smallest absolute Gasteiger partial charge is 0.289 e. The van der Waals surface area contributed by atoms with Crippen molar-refractivity contribution in [1.29, 1.82) is 0 Å². The molecule has 0 radical (unpaired) electrons. The van der Waals surface area contributed by atoms with Crippen molar-refractivity contribution >= 4 is 22.8 Å². The molecular formula is C26H27N5O3. The predicted molar refractivity (Wildman–Crippen MR) is 130 cm³/mol. The van der Waals surface area contributed by atoms with E-state index in [1.54, 1.807) is 24.3 Å². The molecule has 0 saturated carbocycles. The molecule has 174 valence electrons. The van der Waals surface area contributed by atoms with Crippen molar-refractivity contribution in [2.24, 2.45) is 0 Å². The molecule has 2 amide bonds. The summed E-state index contributed by atoms with van der Waals surface area (Å²) in [7, 11) is 2.05. The Morgan fingerprint density at radius 3 is 2.47 bits per heavy atom. The third kappa shape index (κ3) is 4.45. The van der Waals surface area contributed by atoms with E-state index in [9.17, 15) is 9.59 Å².